The monoisotopic (exact) mass is 1060 g/mol. The second-order valence-corrected chi connectivity index (χ2v) is 26.0. The fourth-order valence-corrected chi connectivity index (χ4v) is 12.8. The highest BCUT2D eigenvalue weighted by atomic mass is 32.2. The molecular weight excluding hydrogens is 977 g/mol. The average molecular weight is 1060 g/mol. The van der Waals surface area contributed by atoms with Gasteiger partial charge in [0.2, 0.25) is 43.7 Å². The Hall–Kier alpha value is -5.24. The molecular formula is C56H80N8O8S2. The van der Waals surface area contributed by atoms with Crippen molar-refractivity contribution in [2.24, 2.45) is 10.8 Å². The molecule has 0 aromatic heterocycles. The Morgan fingerprint density at radius 1 is 0.568 bits per heavy atom. The number of hydrogen-bond acceptors (Lipinski definition) is 10. The molecule has 0 bridgehead atoms. The summed E-state index contributed by atoms with van der Waals surface area (Å²) in [7, 11) is -5.16. The number of likely N-dealkylation sites (tertiary alicyclic amines) is 2. The lowest BCUT2D eigenvalue weighted by atomic mass is 9.85. The van der Waals surface area contributed by atoms with Crippen LogP contribution in [-0.2, 0) is 52.1 Å². The van der Waals surface area contributed by atoms with Gasteiger partial charge in [-0.1, -0.05) is 114 Å². The van der Waals surface area contributed by atoms with E-state index >= 15 is 16.8 Å². The third-order valence-corrected chi connectivity index (χ3v) is 18.4. The highest BCUT2D eigenvalue weighted by molar-refractivity contribution is 7.89. The summed E-state index contributed by atoms with van der Waals surface area (Å²) in [5, 5.41) is 12.8. The number of hydrogen-bond donors (Lipinski definition) is 4. The first-order valence-corrected chi connectivity index (χ1v) is 28.9. The van der Waals surface area contributed by atoms with Crippen LogP contribution in [0.25, 0.3) is 10.8 Å². The molecule has 0 saturated carbocycles. The predicted molar refractivity (Wildman–Crippen MR) is 291 cm³/mol. The number of rotatable bonds is 22. The molecule has 6 atom stereocenters. The van der Waals surface area contributed by atoms with E-state index in [1.807, 2.05) is 102 Å². The molecule has 404 valence electrons. The molecule has 74 heavy (non-hydrogen) atoms. The van der Waals surface area contributed by atoms with Gasteiger partial charge < -0.3 is 31.1 Å². The number of carbonyl (C=O) groups is 4. The number of nitrogens with one attached hydrogen (secondary N) is 4. The fourth-order valence-electron chi connectivity index (χ4n) is 9.77. The number of amides is 4. The molecule has 16 nitrogen and oxygen atoms in total. The van der Waals surface area contributed by atoms with Crippen molar-refractivity contribution in [3.05, 3.63) is 108 Å². The normalized spacial score (nSPS) is 18.4. The van der Waals surface area contributed by atoms with Crippen LogP contribution in [0.2, 0.25) is 0 Å². The van der Waals surface area contributed by atoms with Crippen LogP contribution in [-0.4, -0.2) is 148 Å². The van der Waals surface area contributed by atoms with Crippen LogP contribution in [0.15, 0.2) is 107 Å². The van der Waals surface area contributed by atoms with Crippen molar-refractivity contribution in [2.75, 3.05) is 53.4 Å². The van der Waals surface area contributed by atoms with Crippen LogP contribution in [0.5, 0.6) is 0 Å². The molecule has 4 aromatic carbocycles. The van der Waals surface area contributed by atoms with E-state index in [0.717, 1.165) is 11.1 Å². The van der Waals surface area contributed by atoms with Crippen LogP contribution in [0.3, 0.4) is 0 Å². The minimum absolute atomic E-state index is 0.0140. The van der Waals surface area contributed by atoms with Gasteiger partial charge in [-0.25, -0.2) is 16.8 Å². The van der Waals surface area contributed by atoms with Gasteiger partial charge in [-0.2, -0.15) is 8.61 Å². The molecule has 2 aliphatic heterocycles. The zero-order chi connectivity index (χ0) is 54.2. The van der Waals surface area contributed by atoms with Gasteiger partial charge in [-0.05, 0) is 123 Å². The molecule has 2 saturated heterocycles. The van der Waals surface area contributed by atoms with E-state index in [2.05, 4.69) is 21.3 Å². The van der Waals surface area contributed by atoms with Gasteiger partial charge in [0, 0.05) is 51.4 Å². The third kappa shape index (κ3) is 14.2. The van der Waals surface area contributed by atoms with Crippen molar-refractivity contribution >= 4 is 54.4 Å². The van der Waals surface area contributed by atoms with Crippen molar-refractivity contribution < 1.29 is 36.0 Å². The molecule has 0 unspecified atom stereocenters. The van der Waals surface area contributed by atoms with Gasteiger partial charge in [0.25, 0.3) is 0 Å². The highest BCUT2D eigenvalue weighted by Gasteiger charge is 2.43. The van der Waals surface area contributed by atoms with Crippen molar-refractivity contribution in [1.82, 2.24) is 39.7 Å². The third-order valence-electron chi connectivity index (χ3n) is 14.6. The van der Waals surface area contributed by atoms with Crippen LogP contribution in [0.4, 0.5) is 0 Å². The molecule has 2 heterocycles. The first-order chi connectivity index (χ1) is 34.9. The van der Waals surface area contributed by atoms with Gasteiger partial charge in [-0.3, -0.25) is 19.2 Å². The Morgan fingerprint density at radius 3 is 1.27 bits per heavy atom. The molecule has 4 N–H and O–H groups in total. The smallest absolute Gasteiger partial charge is 0.245 e. The van der Waals surface area contributed by atoms with E-state index in [-0.39, 0.29) is 59.6 Å². The zero-order valence-corrected chi connectivity index (χ0v) is 46.7. The average Bonchev–Trinajstić information content (AvgIpc) is 4.05. The van der Waals surface area contributed by atoms with E-state index in [4.69, 9.17) is 0 Å². The van der Waals surface area contributed by atoms with Crippen molar-refractivity contribution in [3.8, 4) is 0 Å². The van der Waals surface area contributed by atoms with Gasteiger partial charge in [0.1, 0.15) is 12.1 Å². The zero-order valence-electron chi connectivity index (χ0n) is 45.1. The summed E-state index contributed by atoms with van der Waals surface area (Å²) in [5.41, 5.74) is 0.604. The Kier molecular flexibility index (Phi) is 19.3. The largest absolute Gasteiger partial charge is 0.342 e. The van der Waals surface area contributed by atoms with E-state index in [9.17, 15) is 19.2 Å². The Morgan fingerprint density at radius 2 is 0.932 bits per heavy atom. The summed E-state index contributed by atoms with van der Waals surface area (Å²) in [5.74, 6) is -1.15. The maximum absolute atomic E-state index is 15.1. The molecule has 0 spiro atoms. The topological polar surface area (TPSA) is 198 Å². The van der Waals surface area contributed by atoms with Crippen LogP contribution < -0.4 is 21.3 Å². The van der Waals surface area contributed by atoms with Gasteiger partial charge in [-0.15, -0.1) is 0 Å². The van der Waals surface area contributed by atoms with Crippen LogP contribution >= 0.6 is 0 Å². The maximum Gasteiger partial charge on any atom is 0.245 e. The number of sulfonamides is 2. The summed E-state index contributed by atoms with van der Waals surface area (Å²) in [6.45, 7) is 15.9. The summed E-state index contributed by atoms with van der Waals surface area (Å²) in [6, 6.07) is 24.9. The van der Waals surface area contributed by atoms with Gasteiger partial charge >= 0.3 is 0 Å². The van der Waals surface area contributed by atoms with E-state index in [1.165, 1.54) is 32.9 Å². The Labute approximate surface area is 440 Å². The van der Waals surface area contributed by atoms with Crippen molar-refractivity contribution in [1.29, 1.82) is 0 Å². The fraction of sp³-hybridized carbons (Fsp3) is 0.536. The molecule has 0 radical (unpaired) electrons. The number of nitrogens with zero attached hydrogens (tertiary/aromatic N) is 4. The van der Waals surface area contributed by atoms with Crippen LogP contribution in [0, 0.1) is 10.8 Å². The summed E-state index contributed by atoms with van der Waals surface area (Å²) < 4.78 is 63.2. The first-order valence-electron chi connectivity index (χ1n) is 26.0. The predicted octanol–water partition coefficient (Wildman–Crippen LogP) is 5.57. The highest BCUT2D eigenvalue weighted by Crippen LogP contribution is 2.32. The number of likely N-dealkylation sites (N-methyl/N-ethyl adjacent to an activating group) is 2. The second-order valence-electron chi connectivity index (χ2n) is 22.2. The molecule has 4 amide bonds. The van der Waals surface area contributed by atoms with Gasteiger partial charge in [0.15, 0.2) is 0 Å². The summed E-state index contributed by atoms with van der Waals surface area (Å²) >= 11 is 0. The second kappa shape index (κ2) is 24.6. The summed E-state index contributed by atoms with van der Waals surface area (Å²) in [6.07, 6.45) is 3.27. The minimum atomic E-state index is -4.26. The lowest BCUT2D eigenvalue weighted by Gasteiger charge is -2.37. The summed E-state index contributed by atoms with van der Waals surface area (Å²) in [4.78, 5) is 58.5. The number of carbonyl (C=O) groups excluding carboxylic acids is 4. The van der Waals surface area contributed by atoms with Crippen molar-refractivity contribution in [2.45, 2.75) is 140 Å². The lowest BCUT2D eigenvalue weighted by molar-refractivity contribution is -0.140. The quantitative estimate of drug-likeness (QED) is 0.0773. The van der Waals surface area contributed by atoms with E-state index < -0.39 is 67.1 Å². The first kappa shape index (κ1) is 58.0. The molecule has 6 rings (SSSR count). The van der Waals surface area contributed by atoms with Gasteiger partial charge in [0.05, 0.1) is 21.9 Å². The molecule has 0 aliphatic carbocycles. The molecule has 2 aliphatic rings. The molecule has 18 heteroatoms. The van der Waals surface area contributed by atoms with Crippen molar-refractivity contribution in [3.63, 3.8) is 0 Å². The van der Waals surface area contributed by atoms with E-state index in [0.29, 0.717) is 62.4 Å². The Bertz CT molecular complexity index is 2620. The lowest BCUT2D eigenvalue weighted by Crippen LogP contribution is -2.59. The SMILES string of the molecule is CN[C@@H](C)C(=O)N[C@H](C(=O)N1CCC[C@H]1CN(CCc1ccccc1)S(=O)(=O)c1ccc2ccc(S(=O)(=O)N(CCc3ccccc3)C[C@@H]3CCCN3C(=O)[C@@H](NC(=O)[C@H](C)NC)C(C)(C)C)cc2c1)C(C)(C)C. The maximum atomic E-state index is 15.1. The van der Waals surface area contributed by atoms with Crippen LogP contribution in [0.1, 0.15) is 92.2 Å². The molecule has 4 aromatic rings. The minimum Gasteiger partial charge on any atom is -0.342 e. The Balaban J connectivity index is 1.32. The molecule has 2 fully saturated rings. The number of benzene rings is 4. The van der Waals surface area contributed by atoms with E-state index in [1.54, 1.807) is 49.9 Å². The standard InChI is InChI=1S/C56H80N8O8S2/c1-39(57-9)51(65)59-49(55(3,4)5)53(67)63-31-17-23-45(63)37-61(33-29-41-19-13-11-14-20-41)73(69,70)47-27-25-43-26-28-48(36-44(43)35-47)74(71,72)62(34-30-42-21-15-12-16-22-42)38-46-24-18-32-64(46)54(68)50(56(6,7)8)60-52(66)40(2)58-10/h11-16,19-22,25-28,35-36,39-40,45-46,49-50,57-58H,17-18,23-24,29-34,37-38H2,1-10H3,(H,59,65)(H,60,66)/t39-,40-,45-,46-,49+,50+/m0/s1. The number of fused-ring (bicyclic) bond motifs is 1.